The van der Waals surface area contributed by atoms with Gasteiger partial charge in [-0.05, 0) is 12.8 Å². The first-order valence-corrected chi connectivity index (χ1v) is 3.54. The van der Waals surface area contributed by atoms with Crippen molar-refractivity contribution < 1.29 is 5.11 Å². The Balaban J connectivity index is 3.79. The van der Waals surface area contributed by atoms with Crippen molar-refractivity contribution in [2.75, 3.05) is 6.61 Å². The predicted octanol–water partition coefficient (Wildman–Crippen LogP) is 2.14. The van der Waals surface area contributed by atoms with Crippen molar-refractivity contribution in [2.24, 2.45) is 5.41 Å². The molecular formula is C9H16O. The van der Waals surface area contributed by atoms with Gasteiger partial charge in [-0.25, -0.2) is 0 Å². The second-order valence-electron chi connectivity index (χ2n) is 2.84. The molecule has 0 heterocycles. The van der Waals surface area contributed by atoms with Gasteiger partial charge in [0, 0.05) is 5.41 Å². The summed E-state index contributed by atoms with van der Waals surface area (Å²) in [5, 5.41) is 8.91. The highest BCUT2D eigenvalue weighted by Crippen LogP contribution is 2.23. The molecule has 0 aromatic rings. The molecule has 0 aromatic carbocycles. The van der Waals surface area contributed by atoms with Gasteiger partial charge in [-0.15, -0.1) is 13.2 Å². The third kappa shape index (κ3) is 2.83. The minimum Gasteiger partial charge on any atom is -0.395 e. The molecule has 0 saturated heterocycles. The number of allylic oxidation sites excluding steroid dienone is 1. The van der Waals surface area contributed by atoms with Crippen molar-refractivity contribution >= 4 is 0 Å². The van der Waals surface area contributed by atoms with Gasteiger partial charge in [0.2, 0.25) is 0 Å². The Morgan fingerprint density at radius 2 is 2.10 bits per heavy atom. The zero-order valence-electron chi connectivity index (χ0n) is 6.64. The molecule has 0 spiro atoms. The molecule has 58 valence electrons. The highest BCUT2D eigenvalue weighted by Gasteiger charge is 2.16. The smallest absolute Gasteiger partial charge is 0.0519 e. The fourth-order valence-electron chi connectivity index (χ4n) is 0.677. The van der Waals surface area contributed by atoms with Crippen molar-refractivity contribution in [3.05, 3.63) is 25.3 Å². The summed E-state index contributed by atoms with van der Waals surface area (Å²) in [6.07, 6.45) is 5.52. The largest absolute Gasteiger partial charge is 0.395 e. The summed E-state index contributed by atoms with van der Waals surface area (Å²) in [4.78, 5) is 0. The van der Waals surface area contributed by atoms with Crippen molar-refractivity contribution in [2.45, 2.75) is 19.8 Å². The SMILES string of the molecule is C=CCCC(C)(C=C)CO. The Morgan fingerprint density at radius 1 is 1.50 bits per heavy atom. The molecule has 1 atom stereocenters. The molecule has 1 heteroatoms. The standard InChI is InChI=1S/C9H16O/c1-4-6-7-9(3,5-2)8-10/h4-5,10H,1-2,6-8H2,3H3. The maximum Gasteiger partial charge on any atom is 0.0519 e. The highest BCUT2D eigenvalue weighted by atomic mass is 16.3. The first-order valence-electron chi connectivity index (χ1n) is 3.54. The molecule has 1 N–H and O–H groups in total. The molecule has 0 aliphatic rings. The Kier molecular flexibility index (Phi) is 4.05. The Hall–Kier alpha value is -0.560. The highest BCUT2D eigenvalue weighted by molar-refractivity contribution is 4.92. The second-order valence-corrected chi connectivity index (χ2v) is 2.84. The first kappa shape index (κ1) is 9.44. The van der Waals surface area contributed by atoms with E-state index in [2.05, 4.69) is 13.2 Å². The summed E-state index contributed by atoms with van der Waals surface area (Å²) in [5.41, 5.74) is -0.117. The van der Waals surface area contributed by atoms with Crippen molar-refractivity contribution in [3.8, 4) is 0 Å². The lowest BCUT2D eigenvalue weighted by Gasteiger charge is -2.21. The Bertz CT molecular complexity index is 118. The van der Waals surface area contributed by atoms with Crippen LogP contribution in [0.4, 0.5) is 0 Å². The van der Waals surface area contributed by atoms with Crippen molar-refractivity contribution in [1.82, 2.24) is 0 Å². The van der Waals surface area contributed by atoms with Gasteiger partial charge in [0.15, 0.2) is 0 Å². The lowest BCUT2D eigenvalue weighted by Crippen LogP contribution is -2.17. The van der Waals surface area contributed by atoms with Gasteiger partial charge in [-0.2, -0.15) is 0 Å². The first-order chi connectivity index (χ1) is 4.68. The summed E-state index contributed by atoms with van der Waals surface area (Å²) in [5.74, 6) is 0. The quantitative estimate of drug-likeness (QED) is 0.580. The average molecular weight is 140 g/mol. The lowest BCUT2D eigenvalue weighted by atomic mass is 9.87. The zero-order chi connectivity index (χ0) is 8.04. The lowest BCUT2D eigenvalue weighted by molar-refractivity contribution is 0.177. The molecule has 0 aromatic heterocycles. The van der Waals surface area contributed by atoms with Crippen molar-refractivity contribution in [3.63, 3.8) is 0 Å². The molecule has 1 unspecified atom stereocenters. The molecule has 0 fully saturated rings. The van der Waals surface area contributed by atoms with E-state index >= 15 is 0 Å². The van der Waals surface area contributed by atoms with Crippen LogP contribution in [0.2, 0.25) is 0 Å². The van der Waals surface area contributed by atoms with Crippen molar-refractivity contribution in [1.29, 1.82) is 0 Å². The number of aliphatic hydroxyl groups excluding tert-OH is 1. The van der Waals surface area contributed by atoms with E-state index in [1.165, 1.54) is 0 Å². The van der Waals surface area contributed by atoms with E-state index in [-0.39, 0.29) is 12.0 Å². The van der Waals surface area contributed by atoms with Crippen LogP contribution in [0.15, 0.2) is 25.3 Å². The Morgan fingerprint density at radius 3 is 2.40 bits per heavy atom. The van der Waals surface area contributed by atoms with Gasteiger partial charge < -0.3 is 5.11 Å². The number of rotatable bonds is 5. The maximum absolute atomic E-state index is 8.91. The van der Waals surface area contributed by atoms with E-state index in [9.17, 15) is 0 Å². The van der Waals surface area contributed by atoms with Gasteiger partial charge in [-0.1, -0.05) is 19.1 Å². The third-order valence-electron chi connectivity index (χ3n) is 1.77. The molecule has 0 radical (unpaired) electrons. The van der Waals surface area contributed by atoms with E-state index < -0.39 is 0 Å². The zero-order valence-corrected chi connectivity index (χ0v) is 6.64. The number of hydrogen-bond acceptors (Lipinski definition) is 1. The summed E-state index contributed by atoms with van der Waals surface area (Å²) in [6, 6.07) is 0. The number of aliphatic hydroxyl groups is 1. The van der Waals surface area contributed by atoms with E-state index in [1.54, 1.807) is 6.08 Å². The fraction of sp³-hybridized carbons (Fsp3) is 0.556. The molecule has 1 nitrogen and oxygen atoms in total. The maximum atomic E-state index is 8.91. The van der Waals surface area contributed by atoms with Gasteiger partial charge in [0.05, 0.1) is 6.61 Å². The van der Waals surface area contributed by atoms with Crippen LogP contribution < -0.4 is 0 Å². The van der Waals surface area contributed by atoms with E-state index in [1.807, 2.05) is 13.0 Å². The molecule has 10 heavy (non-hydrogen) atoms. The van der Waals surface area contributed by atoms with Crippen LogP contribution in [0.3, 0.4) is 0 Å². The van der Waals surface area contributed by atoms with Crippen LogP contribution in [0, 0.1) is 5.41 Å². The van der Waals surface area contributed by atoms with Gasteiger partial charge in [-0.3, -0.25) is 0 Å². The molecular weight excluding hydrogens is 124 g/mol. The number of hydrogen-bond donors (Lipinski definition) is 1. The van der Waals surface area contributed by atoms with Crippen LogP contribution >= 0.6 is 0 Å². The topological polar surface area (TPSA) is 20.2 Å². The van der Waals surface area contributed by atoms with Gasteiger partial charge in [0.25, 0.3) is 0 Å². The predicted molar refractivity (Wildman–Crippen MR) is 44.8 cm³/mol. The molecule has 0 aliphatic heterocycles. The van der Waals surface area contributed by atoms with Crippen LogP contribution in [-0.2, 0) is 0 Å². The van der Waals surface area contributed by atoms with E-state index in [0.29, 0.717) is 0 Å². The third-order valence-corrected chi connectivity index (χ3v) is 1.77. The van der Waals surface area contributed by atoms with Crippen LogP contribution in [-0.4, -0.2) is 11.7 Å². The Labute approximate surface area is 63.1 Å². The summed E-state index contributed by atoms with van der Waals surface area (Å²) in [7, 11) is 0. The van der Waals surface area contributed by atoms with Gasteiger partial charge in [0.1, 0.15) is 0 Å². The molecule has 0 amide bonds. The average Bonchev–Trinajstić information content (AvgIpc) is 2.00. The molecule has 0 rings (SSSR count). The summed E-state index contributed by atoms with van der Waals surface area (Å²) >= 11 is 0. The summed E-state index contributed by atoms with van der Waals surface area (Å²) < 4.78 is 0. The van der Waals surface area contributed by atoms with E-state index in [0.717, 1.165) is 12.8 Å². The molecule has 0 bridgehead atoms. The van der Waals surface area contributed by atoms with Crippen LogP contribution in [0.5, 0.6) is 0 Å². The molecule has 0 aliphatic carbocycles. The fourth-order valence-corrected chi connectivity index (χ4v) is 0.677. The normalized spacial score (nSPS) is 15.8. The van der Waals surface area contributed by atoms with Gasteiger partial charge >= 0.3 is 0 Å². The van der Waals surface area contributed by atoms with Crippen LogP contribution in [0.1, 0.15) is 19.8 Å². The molecule has 0 saturated carbocycles. The minimum absolute atomic E-state index is 0.117. The minimum atomic E-state index is -0.117. The van der Waals surface area contributed by atoms with E-state index in [4.69, 9.17) is 5.11 Å². The monoisotopic (exact) mass is 140 g/mol. The second kappa shape index (κ2) is 4.29. The summed E-state index contributed by atoms with van der Waals surface area (Å²) in [6.45, 7) is 9.44. The van der Waals surface area contributed by atoms with Crippen LogP contribution in [0.25, 0.3) is 0 Å².